The van der Waals surface area contributed by atoms with Crippen molar-refractivity contribution in [1.29, 1.82) is 0 Å². The molecule has 0 aromatic heterocycles. The molecule has 0 saturated carbocycles. The van der Waals surface area contributed by atoms with Crippen LogP contribution in [0, 0.1) is 17.0 Å². The zero-order chi connectivity index (χ0) is 15.8. The molecule has 1 aromatic rings. The van der Waals surface area contributed by atoms with Crippen LogP contribution in [0.15, 0.2) is 12.1 Å². The number of ether oxygens (including phenoxy) is 1. The lowest BCUT2D eigenvalue weighted by Gasteiger charge is -2.25. The van der Waals surface area contributed by atoms with Crippen molar-refractivity contribution in [3.63, 3.8) is 0 Å². The SMILES string of the molecule is CC1(C(=O)Nc2cc(C(N)=O)c(F)cc2F)COCC1N. The van der Waals surface area contributed by atoms with E-state index >= 15 is 0 Å². The number of nitrogens with two attached hydrogens (primary N) is 2. The number of rotatable bonds is 3. The Balaban J connectivity index is 2.29. The van der Waals surface area contributed by atoms with E-state index in [1.165, 1.54) is 0 Å². The fraction of sp³-hybridized carbons (Fsp3) is 0.385. The van der Waals surface area contributed by atoms with E-state index in [4.69, 9.17) is 16.2 Å². The van der Waals surface area contributed by atoms with Crippen LogP contribution in [0.25, 0.3) is 0 Å². The molecule has 1 fully saturated rings. The average Bonchev–Trinajstić information content (AvgIpc) is 2.73. The number of amides is 2. The van der Waals surface area contributed by atoms with E-state index in [1.807, 2.05) is 0 Å². The van der Waals surface area contributed by atoms with Gasteiger partial charge < -0.3 is 21.5 Å². The number of benzene rings is 1. The molecular formula is C13H15F2N3O3. The summed E-state index contributed by atoms with van der Waals surface area (Å²) in [5.41, 5.74) is 8.89. The standard InChI is InChI=1S/C13H15F2N3O3/c1-13(5-21-4-10(13)16)12(20)18-9-2-6(11(17)19)7(14)3-8(9)15/h2-3,10H,4-5,16H2,1H3,(H2,17,19)(H,18,20). The second kappa shape index (κ2) is 5.38. The third-order valence-corrected chi connectivity index (χ3v) is 3.61. The molecule has 0 radical (unpaired) electrons. The summed E-state index contributed by atoms with van der Waals surface area (Å²) in [6.45, 7) is 1.88. The van der Waals surface area contributed by atoms with Gasteiger partial charge in [-0.2, -0.15) is 0 Å². The molecule has 8 heteroatoms. The lowest BCUT2D eigenvalue weighted by Crippen LogP contribution is -2.47. The number of carbonyl (C=O) groups is 2. The van der Waals surface area contributed by atoms with Crippen LogP contribution >= 0.6 is 0 Å². The van der Waals surface area contributed by atoms with Gasteiger partial charge >= 0.3 is 0 Å². The summed E-state index contributed by atoms with van der Waals surface area (Å²) in [7, 11) is 0. The van der Waals surface area contributed by atoms with Gasteiger partial charge in [0.05, 0.1) is 29.9 Å². The predicted octanol–water partition coefficient (Wildman–Crippen LogP) is 0.366. The predicted molar refractivity (Wildman–Crippen MR) is 70.4 cm³/mol. The summed E-state index contributed by atoms with van der Waals surface area (Å²) in [6.07, 6.45) is 0. The molecule has 6 nitrogen and oxygen atoms in total. The lowest BCUT2D eigenvalue weighted by molar-refractivity contribution is -0.125. The Hall–Kier alpha value is -2.06. The zero-order valence-corrected chi connectivity index (χ0v) is 11.3. The molecular weight excluding hydrogens is 284 g/mol. The molecule has 1 aliphatic rings. The van der Waals surface area contributed by atoms with E-state index in [9.17, 15) is 18.4 Å². The quantitative estimate of drug-likeness (QED) is 0.749. The molecule has 2 unspecified atom stereocenters. The maximum Gasteiger partial charge on any atom is 0.251 e. The van der Waals surface area contributed by atoms with Crippen LogP contribution in [-0.2, 0) is 9.53 Å². The molecule has 1 saturated heterocycles. The first-order valence-electron chi connectivity index (χ1n) is 6.19. The molecule has 0 aliphatic carbocycles. The highest BCUT2D eigenvalue weighted by Gasteiger charge is 2.44. The summed E-state index contributed by atoms with van der Waals surface area (Å²) >= 11 is 0. The largest absolute Gasteiger partial charge is 0.379 e. The molecule has 0 bridgehead atoms. The Morgan fingerprint density at radius 1 is 1.38 bits per heavy atom. The summed E-state index contributed by atoms with van der Waals surface area (Å²) in [6, 6.07) is 0.801. The fourth-order valence-electron chi connectivity index (χ4n) is 2.02. The van der Waals surface area contributed by atoms with E-state index in [2.05, 4.69) is 5.32 Å². The topological polar surface area (TPSA) is 107 Å². The Labute approximate surface area is 119 Å². The Bertz CT molecular complexity index is 609. The van der Waals surface area contributed by atoms with E-state index in [0.29, 0.717) is 6.07 Å². The maximum absolute atomic E-state index is 13.7. The molecule has 114 valence electrons. The second-order valence-electron chi connectivity index (χ2n) is 5.17. The van der Waals surface area contributed by atoms with E-state index in [0.717, 1.165) is 6.07 Å². The van der Waals surface area contributed by atoms with Crippen LogP contribution in [-0.4, -0.2) is 31.1 Å². The van der Waals surface area contributed by atoms with Crippen molar-refractivity contribution in [2.75, 3.05) is 18.5 Å². The van der Waals surface area contributed by atoms with E-state index < -0.39 is 40.5 Å². The van der Waals surface area contributed by atoms with Crippen LogP contribution in [0.5, 0.6) is 0 Å². The van der Waals surface area contributed by atoms with E-state index in [1.54, 1.807) is 6.92 Å². The van der Waals surface area contributed by atoms with Crippen molar-refractivity contribution >= 4 is 17.5 Å². The van der Waals surface area contributed by atoms with Crippen molar-refractivity contribution in [2.45, 2.75) is 13.0 Å². The van der Waals surface area contributed by atoms with Gasteiger partial charge in [-0.1, -0.05) is 0 Å². The molecule has 5 N–H and O–H groups in total. The van der Waals surface area contributed by atoms with Crippen LogP contribution in [0.3, 0.4) is 0 Å². The van der Waals surface area contributed by atoms with Gasteiger partial charge in [-0.15, -0.1) is 0 Å². The first kappa shape index (κ1) is 15.3. The van der Waals surface area contributed by atoms with Crippen molar-refractivity contribution in [2.24, 2.45) is 16.9 Å². The average molecular weight is 299 g/mol. The van der Waals surface area contributed by atoms with Gasteiger partial charge in [-0.3, -0.25) is 9.59 Å². The van der Waals surface area contributed by atoms with Crippen LogP contribution in [0.2, 0.25) is 0 Å². The molecule has 2 rings (SSSR count). The number of anilines is 1. The molecule has 1 aromatic carbocycles. The zero-order valence-electron chi connectivity index (χ0n) is 11.3. The van der Waals surface area contributed by atoms with Gasteiger partial charge in [0, 0.05) is 12.1 Å². The Morgan fingerprint density at radius 2 is 2.05 bits per heavy atom. The first-order chi connectivity index (χ1) is 9.75. The van der Waals surface area contributed by atoms with Gasteiger partial charge in [0.25, 0.3) is 5.91 Å². The highest BCUT2D eigenvalue weighted by atomic mass is 19.1. The molecule has 1 aliphatic heterocycles. The van der Waals surface area contributed by atoms with Gasteiger partial charge in [0.15, 0.2) is 0 Å². The number of halogens is 2. The van der Waals surface area contributed by atoms with E-state index in [-0.39, 0.29) is 18.9 Å². The van der Waals surface area contributed by atoms with Gasteiger partial charge in [0.2, 0.25) is 5.91 Å². The third-order valence-electron chi connectivity index (χ3n) is 3.61. The minimum atomic E-state index is -1.09. The number of hydrogen-bond donors (Lipinski definition) is 3. The molecule has 2 atom stereocenters. The van der Waals surface area contributed by atoms with Gasteiger partial charge in [0.1, 0.15) is 11.6 Å². The molecule has 2 amide bonds. The lowest BCUT2D eigenvalue weighted by atomic mass is 9.85. The number of hydrogen-bond acceptors (Lipinski definition) is 4. The highest BCUT2D eigenvalue weighted by Crippen LogP contribution is 2.29. The minimum absolute atomic E-state index is 0.0888. The van der Waals surface area contributed by atoms with Crippen molar-refractivity contribution in [1.82, 2.24) is 0 Å². The van der Waals surface area contributed by atoms with Crippen molar-refractivity contribution < 1.29 is 23.1 Å². The highest BCUT2D eigenvalue weighted by molar-refractivity contribution is 5.98. The monoisotopic (exact) mass is 299 g/mol. The smallest absolute Gasteiger partial charge is 0.251 e. The molecule has 1 heterocycles. The summed E-state index contributed by atoms with van der Waals surface area (Å²) in [5, 5.41) is 2.30. The number of carbonyl (C=O) groups excluding carboxylic acids is 2. The first-order valence-corrected chi connectivity index (χ1v) is 6.19. The second-order valence-corrected chi connectivity index (χ2v) is 5.17. The third kappa shape index (κ3) is 2.72. The normalized spacial score (nSPS) is 24.9. The Kier molecular flexibility index (Phi) is 3.93. The molecule has 0 spiro atoms. The minimum Gasteiger partial charge on any atom is -0.379 e. The Morgan fingerprint density at radius 3 is 2.57 bits per heavy atom. The van der Waals surface area contributed by atoms with Crippen LogP contribution in [0.1, 0.15) is 17.3 Å². The van der Waals surface area contributed by atoms with Crippen LogP contribution in [0.4, 0.5) is 14.5 Å². The fourth-order valence-corrected chi connectivity index (χ4v) is 2.02. The maximum atomic E-state index is 13.7. The van der Waals surface area contributed by atoms with Gasteiger partial charge in [-0.05, 0) is 13.0 Å². The molecule has 21 heavy (non-hydrogen) atoms. The summed E-state index contributed by atoms with van der Waals surface area (Å²) < 4.78 is 32.2. The number of nitrogens with one attached hydrogen (secondary N) is 1. The number of primary amides is 1. The summed E-state index contributed by atoms with van der Waals surface area (Å²) in [5.74, 6) is -3.74. The van der Waals surface area contributed by atoms with Crippen LogP contribution < -0.4 is 16.8 Å². The van der Waals surface area contributed by atoms with Crippen molar-refractivity contribution in [3.8, 4) is 0 Å². The summed E-state index contributed by atoms with van der Waals surface area (Å²) in [4.78, 5) is 23.3. The van der Waals surface area contributed by atoms with Gasteiger partial charge in [-0.25, -0.2) is 8.78 Å². The van der Waals surface area contributed by atoms with Crippen molar-refractivity contribution in [3.05, 3.63) is 29.3 Å².